The molecule has 1 aromatic rings. The van der Waals surface area contributed by atoms with Crippen molar-refractivity contribution in [2.75, 3.05) is 13.1 Å². The van der Waals surface area contributed by atoms with Crippen molar-refractivity contribution < 1.29 is 22.8 Å². The van der Waals surface area contributed by atoms with E-state index < -0.39 is 23.8 Å². The molecule has 0 spiro atoms. The summed E-state index contributed by atoms with van der Waals surface area (Å²) in [7, 11) is 0. The lowest BCUT2D eigenvalue weighted by Gasteiger charge is -2.16. The highest BCUT2D eigenvalue weighted by atomic mass is 19.4. The molecule has 1 fully saturated rings. The monoisotopic (exact) mass is 285 g/mol. The van der Waals surface area contributed by atoms with Gasteiger partial charge in [-0.05, 0) is 18.4 Å². The van der Waals surface area contributed by atoms with Crippen LogP contribution in [0.5, 0.6) is 0 Å². The SMILES string of the molecule is O=C1C(C(=O)C(F)(F)F)CCN1CCc1ccccc1. The fraction of sp³-hybridized carbons (Fsp3) is 0.429. The predicted molar refractivity (Wildman–Crippen MR) is 65.9 cm³/mol. The number of hydrogen-bond acceptors (Lipinski definition) is 2. The number of carbonyl (C=O) groups excluding carboxylic acids is 2. The van der Waals surface area contributed by atoms with E-state index in [2.05, 4.69) is 0 Å². The van der Waals surface area contributed by atoms with Gasteiger partial charge in [0.2, 0.25) is 11.7 Å². The largest absolute Gasteiger partial charge is 0.450 e. The molecule has 1 amide bonds. The van der Waals surface area contributed by atoms with Gasteiger partial charge in [0.25, 0.3) is 0 Å². The van der Waals surface area contributed by atoms with Gasteiger partial charge in [-0.2, -0.15) is 13.2 Å². The van der Waals surface area contributed by atoms with Gasteiger partial charge in [0.05, 0.1) is 0 Å². The molecule has 20 heavy (non-hydrogen) atoms. The summed E-state index contributed by atoms with van der Waals surface area (Å²) in [6, 6.07) is 9.36. The van der Waals surface area contributed by atoms with E-state index in [-0.39, 0.29) is 13.0 Å². The summed E-state index contributed by atoms with van der Waals surface area (Å²) in [4.78, 5) is 24.3. The van der Waals surface area contributed by atoms with E-state index in [1.807, 2.05) is 30.3 Å². The van der Waals surface area contributed by atoms with E-state index >= 15 is 0 Å². The Hall–Kier alpha value is -1.85. The number of Topliss-reactive ketones (excluding diaryl/α,β-unsaturated/α-hetero) is 1. The van der Waals surface area contributed by atoms with Crippen molar-refractivity contribution in [2.24, 2.45) is 5.92 Å². The normalized spacial score (nSPS) is 19.4. The molecule has 108 valence electrons. The van der Waals surface area contributed by atoms with Crippen molar-refractivity contribution in [1.29, 1.82) is 0 Å². The average molecular weight is 285 g/mol. The van der Waals surface area contributed by atoms with E-state index in [4.69, 9.17) is 0 Å². The first kappa shape index (κ1) is 14.6. The Bertz CT molecular complexity index is 499. The Morgan fingerprint density at radius 3 is 2.50 bits per heavy atom. The Morgan fingerprint density at radius 1 is 1.25 bits per heavy atom. The zero-order valence-corrected chi connectivity index (χ0v) is 10.7. The van der Waals surface area contributed by atoms with Crippen molar-refractivity contribution >= 4 is 11.7 Å². The zero-order chi connectivity index (χ0) is 14.8. The van der Waals surface area contributed by atoms with E-state index in [1.54, 1.807) is 0 Å². The number of alkyl halides is 3. The first-order chi connectivity index (χ1) is 9.39. The molecule has 0 aliphatic carbocycles. The molecular formula is C14H14F3NO2. The van der Waals surface area contributed by atoms with Crippen molar-refractivity contribution in [2.45, 2.75) is 19.0 Å². The first-order valence-corrected chi connectivity index (χ1v) is 6.33. The van der Waals surface area contributed by atoms with Crippen LogP contribution in [0.1, 0.15) is 12.0 Å². The number of rotatable bonds is 4. The Morgan fingerprint density at radius 2 is 1.90 bits per heavy atom. The molecule has 0 aromatic heterocycles. The summed E-state index contributed by atoms with van der Waals surface area (Å²) in [6.07, 6.45) is -4.42. The number of nitrogens with zero attached hydrogens (tertiary/aromatic N) is 1. The van der Waals surface area contributed by atoms with Gasteiger partial charge in [0, 0.05) is 13.1 Å². The minimum absolute atomic E-state index is 0.0496. The van der Waals surface area contributed by atoms with Gasteiger partial charge in [-0.1, -0.05) is 30.3 Å². The number of amides is 1. The lowest BCUT2D eigenvalue weighted by Crippen LogP contribution is -2.37. The van der Waals surface area contributed by atoms with Gasteiger partial charge in [0.15, 0.2) is 0 Å². The second-order valence-corrected chi connectivity index (χ2v) is 4.76. The summed E-state index contributed by atoms with van der Waals surface area (Å²) in [5, 5.41) is 0. The molecule has 2 rings (SSSR count). The van der Waals surface area contributed by atoms with Crippen molar-refractivity contribution in [3.63, 3.8) is 0 Å². The molecule has 1 unspecified atom stereocenters. The van der Waals surface area contributed by atoms with Gasteiger partial charge in [-0.3, -0.25) is 9.59 Å². The number of halogens is 3. The molecule has 1 atom stereocenters. The third-order valence-corrected chi connectivity index (χ3v) is 3.41. The van der Waals surface area contributed by atoms with E-state index in [9.17, 15) is 22.8 Å². The highest BCUT2D eigenvalue weighted by Gasteiger charge is 2.49. The fourth-order valence-electron chi connectivity index (χ4n) is 2.31. The third kappa shape index (κ3) is 3.18. The molecule has 3 nitrogen and oxygen atoms in total. The molecule has 0 bridgehead atoms. The van der Waals surface area contributed by atoms with Gasteiger partial charge < -0.3 is 4.90 Å². The maximum Gasteiger partial charge on any atom is 0.450 e. The smallest absolute Gasteiger partial charge is 0.342 e. The lowest BCUT2D eigenvalue weighted by atomic mass is 10.0. The van der Waals surface area contributed by atoms with Gasteiger partial charge >= 0.3 is 6.18 Å². The van der Waals surface area contributed by atoms with Crippen molar-refractivity contribution in [3.8, 4) is 0 Å². The molecule has 1 aliphatic rings. The molecule has 1 aromatic carbocycles. The first-order valence-electron chi connectivity index (χ1n) is 6.33. The molecule has 1 aliphatic heterocycles. The zero-order valence-electron chi connectivity index (χ0n) is 10.7. The van der Waals surface area contributed by atoms with E-state index in [0.717, 1.165) is 5.56 Å². The number of benzene rings is 1. The second kappa shape index (κ2) is 5.64. The minimum Gasteiger partial charge on any atom is -0.342 e. The quantitative estimate of drug-likeness (QED) is 0.795. The van der Waals surface area contributed by atoms with Crippen LogP contribution in [-0.4, -0.2) is 35.9 Å². The van der Waals surface area contributed by atoms with Crippen LogP contribution in [0.25, 0.3) is 0 Å². The maximum atomic E-state index is 12.3. The van der Waals surface area contributed by atoms with Gasteiger partial charge in [-0.25, -0.2) is 0 Å². The van der Waals surface area contributed by atoms with Crippen LogP contribution in [0.15, 0.2) is 30.3 Å². The second-order valence-electron chi connectivity index (χ2n) is 4.76. The third-order valence-electron chi connectivity index (χ3n) is 3.41. The molecule has 0 radical (unpaired) electrons. The fourth-order valence-corrected chi connectivity index (χ4v) is 2.31. The maximum absolute atomic E-state index is 12.3. The summed E-state index contributed by atoms with van der Waals surface area (Å²) in [5.74, 6) is -4.18. The van der Waals surface area contributed by atoms with E-state index in [0.29, 0.717) is 13.0 Å². The highest BCUT2D eigenvalue weighted by molar-refractivity contribution is 6.05. The standard InChI is InChI=1S/C14H14F3NO2/c15-14(16,17)12(19)11-7-9-18(13(11)20)8-6-10-4-2-1-3-5-10/h1-5,11H,6-9H2. The molecule has 0 saturated carbocycles. The predicted octanol–water partition coefficient (Wildman–Crippen LogP) is 2.21. The molecular weight excluding hydrogens is 271 g/mol. The summed E-state index contributed by atoms with van der Waals surface area (Å²) >= 11 is 0. The van der Waals surface area contributed by atoms with Crippen LogP contribution in [0, 0.1) is 5.92 Å². The van der Waals surface area contributed by atoms with Crippen LogP contribution in [0.3, 0.4) is 0 Å². The minimum atomic E-state index is -4.93. The highest BCUT2D eigenvalue weighted by Crippen LogP contribution is 2.28. The topological polar surface area (TPSA) is 37.4 Å². The number of carbonyl (C=O) groups is 2. The van der Waals surface area contributed by atoms with Crippen LogP contribution in [0.4, 0.5) is 13.2 Å². The Balaban J connectivity index is 1.93. The average Bonchev–Trinajstić information content (AvgIpc) is 2.77. The van der Waals surface area contributed by atoms with Crippen molar-refractivity contribution in [1.82, 2.24) is 4.90 Å². The van der Waals surface area contributed by atoms with Crippen molar-refractivity contribution in [3.05, 3.63) is 35.9 Å². The Kier molecular flexibility index (Phi) is 4.11. The number of hydrogen-bond donors (Lipinski definition) is 0. The molecule has 1 saturated heterocycles. The summed E-state index contributed by atoms with van der Waals surface area (Å²) in [6.45, 7) is 0.544. The molecule has 6 heteroatoms. The van der Waals surface area contributed by atoms with Gasteiger partial charge in [-0.15, -0.1) is 0 Å². The lowest BCUT2D eigenvalue weighted by molar-refractivity contribution is -0.176. The van der Waals surface area contributed by atoms with E-state index in [1.165, 1.54) is 4.90 Å². The number of ketones is 1. The number of likely N-dealkylation sites (tertiary alicyclic amines) is 1. The molecule has 1 heterocycles. The molecule has 0 N–H and O–H groups in total. The van der Waals surface area contributed by atoms with Crippen LogP contribution >= 0.6 is 0 Å². The van der Waals surface area contributed by atoms with Crippen LogP contribution in [-0.2, 0) is 16.0 Å². The Labute approximate surface area is 114 Å². The van der Waals surface area contributed by atoms with Crippen LogP contribution < -0.4 is 0 Å². The summed E-state index contributed by atoms with van der Waals surface area (Å²) in [5.41, 5.74) is 1.01. The summed E-state index contributed by atoms with van der Waals surface area (Å²) < 4.78 is 37.0. The van der Waals surface area contributed by atoms with Crippen LogP contribution in [0.2, 0.25) is 0 Å². The van der Waals surface area contributed by atoms with Gasteiger partial charge in [0.1, 0.15) is 5.92 Å².